The van der Waals surface area contributed by atoms with Crippen LogP contribution in [0.1, 0.15) is 92.4 Å². The molecule has 0 aliphatic heterocycles. The summed E-state index contributed by atoms with van der Waals surface area (Å²) in [7, 11) is 0. The summed E-state index contributed by atoms with van der Waals surface area (Å²) in [6, 6.07) is 0. The predicted molar refractivity (Wildman–Crippen MR) is 125 cm³/mol. The molecule has 5 heteroatoms. The van der Waals surface area contributed by atoms with Crippen molar-refractivity contribution in [2.75, 3.05) is 0 Å². The Morgan fingerprint density at radius 1 is 0.875 bits per heavy atom. The average Bonchev–Trinajstić information content (AvgIpc) is 3.04. The van der Waals surface area contributed by atoms with E-state index in [1.807, 2.05) is 13.8 Å². The zero-order valence-electron chi connectivity index (χ0n) is 20.9. The van der Waals surface area contributed by atoms with Gasteiger partial charge >= 0.3 is 0 Å². The monoisotopic (exact) mass is 452 g/mol. The van der Waals surface area contributed by atoms with Crippen LogP contribution in [0.5, 0.6) is 0 Å². The van der Waals surface area contributed by atoms with Crippen molar-refractivity contribution in [3.8, 4) is 0 Å². The first kappa shape index (κ1) is 24.9. The van der Waals surface area contributed by atoms with E-state index in [-0.39, 0.29) is 22.7 Å². The molecular formula is C27H48O5. The summed E-state index contributed by atoms with van der Waals surface area (Å²) in [5.41, 5.74) is -0.687. The minimum atomic E-state index is -0.747. The molecule has 4 aliphatic rings. The van der Waals surface area contributed by atoms with Crippen LogP contribution in [0.15, 0.2) is 0 Å². The summed E-state index contributed by atoms with van der Waals surface area (Å²) in [5.74, 6) is 2.24. The first-order valence-corrected chi connectivity index (χ1v) is 13.2. The lowest BCUT2D eigenvalue weighted by Crippen LogP contribution is -2.60. The lowest BCUT2D eigenvalue weighted by atomic mass is 9.43. The highest BCUT2D eigenvalue weighted by atomic mass is 16.3. The molecule has 4 saturated carbocycles. The van der Waals surface area contributed by atoms with E-state index in [1.165, 1.54) is 0 Å². The Hall–Kier alpha value is -0.200. The lowest BCUT2D eigenvalue weighted by molar-refractivity contribution is -0.196. The van der Waals surface area contributed by atoms with Gasteiger partial charge in [-0.1, -0.05) is 20.8 Å². The fourth-order valence-electron chi connectivity index (χ4n) is 9.26. The quantitative estimate of drug-likeness (QED) is 0.440. The summed E-state index contributed by atoms with van der Waals surface area (Å²) in [4.78, 5) is 0. The lowest BCUT2D eigenvalue weighted by Gasteiger charge is -2.63. The Morgan fingerprint density at radius 3 is 2.19 bits per heavy atom. The van der Waals surface area contributed by atoms with Crippen molar-refractivity contribution in [1.82, 2.24) is 0 Å². The van der Waals surface area contributed by atoms with Gasteiger partial charge in [-0.05, 0) is 118 Å². The molecule has 0 amide bonds. The van der Waals surface area contributed by atoms with Crippen molar-refractivity contribution >= 4 is 0 Å². The highest BCUT2D eigenvalue weighted by molar-refractivity contribution is 5.12. The van der Waals surface area contributed by atoms with E-state index in [2.05, 4.69) is 20.8 Å². The molecule has 0 aromatic rings. The van der Waals surface area contributed by atoms with E-state index in [0.29, 0.717) is 49.4 Å². The highest BCUT2D eigenvalue weighted by Gasteiger charge is 2.63. The standard InChI is InChI=1S/C27H48O5/c1-15(21(28)9-10-25(2,3)32)17-6-7-18-16-12-22(29)20-13-23(30)24(31)14-27(20,5)19(16)8-11-26(17,18)4/h15-24,28-32H,6-14H2,1-5H3/t15-,16-,17+,18-,19-,20-,21+,22-,23-,24-,26+,27+/m0/s1. The maximum Gasteiger partial charge on any atom is 0.0804 e. The molecule has 0 spiro atoms. The zero-order chi connectivity index (χ0) is 23.6. The molecule has 186 valence electrons. The van der Waals surface area contributed by atoms with Gasteiger partial charge in [0, 0.05) is 0 Å². The van der Waals surface area contributed by atoms with Crippen molar-refractivity contribution in [1.29, 1.82) is 0 Å². The van der Waals surface area contributed by atoms with Crippen LogP contribution in [0.3, 0.4) is 0 Å². The first-order chi connectivity index (χ1) is 14.8. The maximum absolute atomic E-state index is 11.2. The second-order valence-corrected chi connectivity index (χ2v) is 13.4. The second-order valence-electron chi connectivity index (χ2n) is 13.4. The zero-order valence-corrected chi connectivity index (χ0v) is 20.9. The number of rotatable bonds is 5. The van der Waals surface area contributed by atoms with Gasteiger partial charge in [0.05, 0.1) is 30.0 Å². The molecule has 5 N–H and O–H groups in total. The van der Waals surface area contributed by atoms with Gasteiger partial charge < -0.3 is 25.5 Å². The molecule has 32 heavy (non-hydrogen) atoms. The van der Waals surface area contributed by atoms with Crippen molar-refractivity contribution < 1.29 is 25.5 Å². The molecular weight excluding hydrogens is 404 g/mol. The number of hydrogen-bond acceptors (Lipinski definition) is 5. The van der Waals surface area contributed by atoms with Crippen LogP contribution < -0.4 is 0 Å². The Morgan fingerprint density at radius 2 is 1.53 bits per heavy atom. The first-order valence-electron chi connectivity index (χ1n) is 13.2. The Labute approximate surface area is 194 Å². The molecule has 5 nitrogen and oxygen atoms in total. The minimum absolute atomic E-state index is 0.0753. The summed E-state index contributed by atoms with van der Waals surface area (Å²) in [6.07, 6.45) is 5.51. The summed E-state index contributed by atoms with van der Waals surface area (Å²) >= 11 is 0. The van der Waals surface area contributed by atoms with E-state index in [1.54, 1.807) is 0 Å². The van der Waals surface area contributed by atoms with Crippen LogP contribution in [0.4, 0.5) is 0 Å². The van der Waals surface area contributed by atoms with Crippen molar-refractivity contribution in [3.05, 3.63) is 0 Å². The van der Waals surface area contributed by atoms with Crippen LogP contribution in [-0.2, 0) is 0 Å². The minimum Gasteiger partial charge on any atom is -0.393 e. The van der Waals surface area contributed by atoms with Gasteiger partial charge in [-0.25, -0.2) is 0 Å². The maximum atomic E-state index is 11.2. The van der Waals surface area contributed by atoms with Crippen molar-refractivity contribution in [2.24, 2.45) is 46.3 Å². The third kappa shape index (κ3) is 4.08. The largest absolute Gasteiger partial charge is 0.393 e. The Kier molecular flexibility index (Phi) is 6.60. The highest BCUT2D eigenvalue weighted by Crippen LogP contribution is 2.68. The van der Waals surface area contributed by atoms with E-state index in [4.69, 9.17) is 0 Å². The number of fused-ring (bicyclic) bond motifs is 5. The average molecular weight is 453 g/mol. The Bertz CT molecular complexity index is 675. The van der Waals surface area contributed by atoms with Crippen LogP contribution in [0.2, 0.25) is 0 Å². The third-order valence-electron chi connectivity index (χ3n) is 11.1. The molecule has 12 atom stereocenters. The van der Waals surface area contributed by atoms with Crippen LogP contribution in [0, 0.1) is 46.3 Å². The molecule has 0 aromatic carbocycles. The van der Waals surface area contributed by atoms with E-state index in [9.17, 15) is 25.5 Å². The molecule has 4 rings (SSSR count). The van der Waals surface area contributed by atoms with E-state index < -0.39 is 30.0 Å². The molecule has 0 aromatic heterocycles. The summed E-state index contributed by atoms with van der Waals surface area (Å²) in [6.45, 7) is 10.5. The van der Waals surface area contributed by atoms with Gasteiger partial charge in [0.1, 0.15) is 0 Å². The number of hydrogen-bond donors (Lipinski definition) is 5. The molecule has 0 bridgehead atoms. The topological polar surface area (TPSA) is 101 Å². The van der Waals surface area contributed by atoms with Crippen LogP contribution in [-0.4, -0.2) is 55.5 Å². The Balaban J connectivity index is 1.52. The number of aliphatic hydroxyl groups is 5. The molecule has 0 radical (unpaired) electrons. The van der Waals surface area contributed by atoms with Gasteiger partial charge in [-0.2, -0.15) is 0 Å². The smallest absolute Gasteiger partial charge is 0.0804 e. The van der Waals surface area contributed by atoms with Gasteiger partial charge in [0.25, 0.3) is 0 Å². The summed E-state index contributed by atoms with van der Waals surface area (Å²) in [5, 5.41) is 53.0. The van der Waals surface area contributed by atoms with Gasteiger partial charge in [-0.15, -0.1) is 0 Å². The molecule has 0 unspecified atom stereocenters. The van der Waals surface area contributed by atoms with E-state index >= 15 is 0 Å². The fraction of sp³-hybridized carbons (Fsp3) is 1.00. The van der Waals surface area contributed by atoms with Gasteiger partial charge in [-0.3, -0.25) is 0 Å². The van der Waals surface area contributed by atoms with E-state index in [0.717, 1.165) is 32.1 Å². The number of aliphatic hydroxyl groups excluding tert-OH is 4. The SMILES string of the molecule is C[C@H]([C@H](O)CCC(C)(C)O)[C@H]1CC[C@H]2[C@@H]3C[C@H](O)[C@@H]4C[C@H](O)[C@@H](O)C[C@]4(C)[C@H]3CC[C@]12C. The second kappa shape index (κ2) is 8.48. The normalized spacial score (nSPS) is 50.8. The van der Waals surface area contributed by atoms with Crippen molar-refractivity contribution in [2.45, 2.75) is 122 Å². The summed E-state index contributed by atoms with van der Waals surface area (Å²) < 4.78 is 0. The fourth-order valence-corrected chi connectivity index (χ4v) is 9.26. The third-order valence-corrected chi connectivity index (χ3v) is 11.1. The van der Waals surface area contributed by atoms with Gasteiger partial charge in [0.2, 0.25) is 0 Å². The molecule has 4 aliphatic carbocycles. The van der Waals surface area contributed by atoms with Gasteiger partial charge in [0.15, 0.2) is 0 Å². The van der Waals surface area contributed by atoms with Crippen molar-refractivity contribution in [3.63, 3.8) is 0 Å². The van der Waals surface area contributed by atoms with Crippen LogP contribution >= 0.6 is 0 Å². The molecule has 0 saturated heterocycles. The van der Waals surface area contributed by atoms with Crippen LogP contribution in [0.25, 0.3) is 0 Å². The molecule has 4 fully saturated rings. The predicted octanol–water partition coefficient (Wildman–Crippen LogP) is 3.50. The molecule has 0 heterocycles.